The molecule has 4 nitrogen and oxygen atoms in total. The van der Waals surface area contributed by atoms with Gasteiger partial charge in [-0.1, -0.05) is 6.07 Å². The van der Waals surface area contributed by atoms with E-state index in [1.807, 2.05) is 0 Å². The smallest absolute Gasteiger partial charge is 0.416 e. The highest BCUT2D eigenvalue weighted by molar-refractivity contribution is 6.02. The number of carbonyl (C=O) groups excluding carboxylic acids is 1. The Kier molecular flexibility index (Phi) is 4.04. The minimum Gasteiger partial charge on any atom is -0.455 e. The first-order valence-electron chi connectivity index (χ1n) is 6.09. The van der Waals surface area contributed by atoms with Crippen LogP contribution in [0.1, 0.15) is 27.4 Å². The summed E-state index contributed by atoms with van der Waals surface area (Å²) < 4.78 is 43.5. The highest BCUT2D eigenvalue weighted by Crippen LogP contribution is 2.33. The molecule has 1 aromatic carbocycles. The number of carbonyl (C=O) groups is 1. The first-order chi connectivity index (χ1) is 9.81. The Bertz CT molecular complexity index is 662. The molecule has 0 saturated carbocycles. The second kappa shape index (κ2) is 5.61. The normalized spacial score (nSPS) is 11.5. The number of anilines is 1. The molecule has 2 rings (SSSR count). The van der Waals surface area contributed by atoms with Crippen LogP contribution in [-0.4, -0.2) is 5.91 Å². The second-order valence-electron chi connectivity index (χ2n) is 4.45. The van der Waals surface area contributed by atoms with Crippen molar-refractivity contribution in [2.45, 2.75) is 19.6 Å². The van der Waals surface area contributed by atoms with Gasteiger partial charge in [0.2, 0.25) is 0 Å². The fraction of sp³-hybridized carbons (Fsp3) is 0.214. The zero-order valence-electron chi connectivity index (χ0n) is 11.1. The SMILES string of the molecule is Cc1ccc(NC(=O)c2ccc(CN)o2)cc1C(F)(F)F. The summed E-state index contributed by atoms with van der Waals surface area (Å²) in [5.41, 5.74) is 4.69. The van der Waals surface area contributed by atoms with Crippen LogP contribution in [0.25, 0.3) is 0 Å². The quantitative estimate of drug-likeness (QED) is 0.913. The number of hydrogen-bond donors (Lipinski definition) is 2. The minimum atomic E-state index is -4.47. The molecule has 0 aliphatic rings. The summed E-state index contributed by atoms with van der Waals surface area (Å²) in [6.07, 6.45) is -4.47. The van der Waals surface area contributed by atoms with Crippen molar-refractivity contribution in [2.24, 2.45) is 5.73 Å². The van der Waals surface area contributed by atoms with E-state index in [9.17, 15) is 18.0 Å². The van der Waals surface area contributed by atoms with Crippen LogP contribution in [0, 0.1) is 6.92 Å². The van der Waals surface area contributed by atoms with Gasteiger partial charge in [-0.25, -0.2) is 0 Å². The molecule has 0 radical (unpaired) electrons. The average molecular weight is 298 g/mol. The molecule has 0 fully saturated rings. The van der Waals surface area contributed by atoms with Crippen molar-refractivity contribution in [3.63, 3.8) is 0 Å². The maximum Gasteiger partial charge on any atom is 0.416 e. The topological polar surface area (TPSA) is 68.3 Å². The monoisotopic (exact) mass is 298 g/mol. The van der Waals surface area contributed by atoms with E-state index < -0.39 is 17.6 Å². The van der Waals surface area contributed by atoms with Crippen LogP contribution in [0.5, 0.6) is 0 Å². The highest BCUT2D eigenvalue weighted by Gasteiger charge is 2.32. The van der Waals surface area contributed by atoms with Gasteiger partial charge in [-0.15, -0.1) is 0 Å². The molecule has 0 aliphatic carbocycles. The summed E-state index contributed by atoms with van der Waals surface area (Å²) in [5.74, 6) is -0.226. The lowest BCUT2D eigenvalue weighted by molar-refractivity contribution is -0.138. The Labute approximate surface area is 118 Å². The number of nitrogens with two attached hydrogens (primary N) is 1. The largest absolute Gasteiger partial charge is 0.455 e. The summed E-state index contributed by atoms with van der Waals surface area (Å²) in [6.45, 7) is 1.49. The Balaban J connectivity index is 2.21. The van der Waals surface area contributed by atoms with Gasteiger partial charge in [0.1, 0.15) is 5.76 Å². The van der Waals surface area contributed by atoms with Gasteiger partial charge in [0.05, 0.1) is 12.1 Å². The number of benzene rings is 1. The molecule has 0 atom stereocenters. The van der Waals surface area contributed by atoms with Gasteiger partial charge in [-0.05, 0) is 36.8 Å². The molecule has 21 heavy (non-hydrogen) atoms. The Morgan fingerprint density at radius 2 is 2.00 bits per heavy atom. The van der Waals surface area contributed by atoms with Crippen molar-refractivity contribution >= 4 is 11.6 Å². The molecule has 3 N–H and O–H groups in total. The third kappa shape index (κ3) is 3.43. The van der Waals surface area contributed by atoms with Crippen molar-refractivity contribution < 1.29 is 22.4 Å². The summed E-state index contributed by atoms with van der Waals surface area (Å²) >= 11 is 0. The van der Waals surface area contributed by atoms with Crippen LogP contribution in [-0.2, 0) is 12.7 Å². The van der Waals surface area contributed by atoms with Gasteiger partial charge in [0, 0.05) is 5.69 Å². The maximum atomic E-state index is 12.8. The average Bonchev–Trinajstić information content (AvgIpc) is 2.88. The molecule has 112 valence electrons. The fourth-order valence-corrected chi connectivity index (χ4v) is 1.81. The van der Waals surface area contributed by atoms with Crippen LogP contribution in [0.2, 0.25) is 0 Å². The van der Waals surface area contributed by atoms with Crippen LogP contribution in [0.4, 0.5) is 18.9 Å². The van der Waals surface area contributed by atoms with Gasteiger partial charge in [0.25, 0.3) is 5.91 Å². The lowest BCUT2D eigenvalue weighted by Crippen LogP contribution is -2.13. The first kappa shape index (κ1) is 15.1. The third-order valence-corrected chi connectivity index (χ3v) is 2.89. The second-order valence-corrected chi connectivity index (χ2v) is 4.45. The van der Waals surface area contributed by atoms with Crippen LogP contribution in [0.15, 0.2) is 34.7 Å². The lowest BCUT2D eigenvalue weighted by atomic mass is 10.1. The Morgan fingerprint density at radius 3 is 2.57 bits per heavy atom. The van der Waals surface area contributed by atoms with E-state index in [4.69, 9.17) is 10.2 Å². The van der Waals surface area contributed by atoms with Gasteiger partial charge in [-0.3, -0.25) is 4.79 Å². The summed E-state index contributed by atoms with van der Waals surface area (Å²) in [7, 11) is 0. The van der Waals surface area contributed by atoms with E-state index in [0.29, 0.717) is 5.76 Å². The van der Waals surface area contributed by atoms with Gasteiger partial charge in [0.15, 0.2) is 5.76 Å². The number of hydrogen-bond acceptors (Lipinski definition) is 3. The van der Waals surface area contributed by atoms with Crippen LogP contribution in [0.3, 0.4) is 0 Å². The number of amides is 1. The Hall–Kier alpha value is -2.28. The van der Waals surface area contributed by atoms with Gasteiger partial charge in [-0.2, -0.15) is 13.2 Å². The fourth-order valence-electron chi connectivity index (χ4n) is 1.81. The molecule has 1 aromatic heterocycles. The number of halogens is 3. The van der Waals surface area contributed by atoms with E-state index in [1.165, 1.54) is 31.2 Å². The summed E-state index contributed by atoms with van der Waals surface area (Å²) in [6, 6.07) is 6.53. The number of nitrogens with one attached hydrogen (secondary N) is 1. The van der Waals surface area contributed by atoms with Crippen molar-refractivity contribution in [3.8, 4) is 0 Å². The predicted octanol–water partition coefficient (Wildman–Crippen LogP) is 3.32. The minimum absolute atomic E-state index is 0.00964. The molecule has 0 aliphatic heterocycles. The van der Waals surface area contributed by atoms with Crippen molar-refractivity contribution in [2.75, 3.05) is 5.32 Å². The number of aryl methyl sites for hydroxylation is 1. The standard InChI is InChI=1S/C14H13F3N2O2/c1-8-2-3-9(6-11(8)14(15,16)17)19-13(20)12-5-4-10(7-18)21-12/h2-6H,7,18H2,1H3,(H,19,20). The van der Waals surface area contributed by atoms with E-state index in [0.717, 1.165) is 6.07 Å². The lowest BCUT2D eigenvalue weighted by Gasteiger charge is -2.12. The predicted molar refractivity (Wildman–Crippen MR) is 70.7 cm³/mol. The van der Waals surface area contributed by atoms with Gasteiger partial charge < -0.3 is 15.5 Å². The highest BCUT2D eigenvalue weighted by atomic mass is 19.4. The molecule has 0 saturated heterocycles. The first-order valence-corrected chi connectivity index (χ1v) is 6.09. The molecular formula is C14H13F3N2O2. The van der Waals surface area contributed by atoms with Crippen LogP contribution < -0.4 is 11.1 Å². The number of rotatable bonds is 3. The zero-order valence-corrected chi connectivity index (χ0v) is 11.1. The molecule has 0 spiro atoms. The van der Waals surface area contributed by atoms with Gasteiger partial charge >= 0.3 is 6.18 Å². The number of alkyl halides is 3. The third-order valence-electron chi connectivity index (χ3n) is 2.89. The molecule has 7 heteroatoms. The molecule has 1 amide bonds. The molecule has 0 unspecified atom stereocenters. The Morgan fingerprint density at radius 1 is 1.29 bits per heavy atom. The molecule has 2 aromatic rings. The zero-order chi connectivity index (χ0) is 15.6. The van der Waals surface area contributed by atoms with E-state index in [1.54, 1.807) is 0 Å². The summed E-state index contributed by atoms with van der Waals surface area (Å²) in [5, 5.41) is 2.36. The molecular weight excluding hydrogens is 285 g/mol. The molecule has 0 bridgehead atoms. The van der Waals surface area contributed by atoms with Crippen LogP contribution >= 0.6 is 0 Å². The van der Waals surface area contributed by atoms with E-state index >= 15 is 0 Å². The van der Waals surface area contributed by atoms with E-state index in [-0.39, 0.29) is 23.6 Å². The number of furan rings is 1. The molecule has 1 heterocycles. The maximum absolute atomic E-state index is 12.8. The van der Waals surface area contributed by atoms with Crippen molar-refractivity contribution in [1.82, 2.24) is 0 Å². The van der Waals surface area contributed by atoms with Crippen molar-refractivity contribution in [3.05, 3.63) is 53.0 Å². The summed E-state index contributed by atoms with van der Waals surface area (Å²) in [4.78, 5) is 11.9. The van der Waals surface area contributed by atoms with E-state index in [2.05, 4.69) is 5.32 Å². The van der Waals surface area contributed by atoms with Crippen molar-refractivity contribution in [1.29, 1.82) is 0 Å².